The van der Waals surface area contributed by atoms with E-state index in [-0.39, 0.29) is 5.41 Å². The molecule has 2 nitrogen and oxygen atoms in total. The van der Waals surface area contributed by atoms with Gasteiger partial charge in [-0.05, 0) is 26.7 Å². The fourth-order valence-electron chi connectivity index (χ4n) is 2.26. The molecule has 1 saturated heterocycles. The van der Waals surface area contributed by atoms with E-state index < -0.39 is 0 Å². The van der Waals surface area contributed by atoms with Crippen LogP contribution < -0.4 is 0 Å². The summed E-state index contributed by atoms with van der Waals surface area (Å²) < 4.78 is 0. The third-order valence-electron chi connectivity index (χ3n) is 3.64. The van der Waals surface area contributed by atoms with Gasteiger partial charge < -0.3 is 4.90 Å². The van der Waals surface area contributed by atoms with Crippen molar-refractivity contribution in [3.05, 3.63) is 0 Å². The molecule has 1 aliphatic rings. The summed E-state index contributed by atoms with van der Waals surface area (Å²) in [6.07, 6.45) is 0. The maximum absolute atomic E-state index is 12.0. The van der Waals surface area contributed by atoms with Crippen LogP contribution in [0.2, 0.25) is 0 Å². The minimum atomic E-state index is -0.177. The molecule has 2 unspecified atom stereocenters. The molecule has 0 bridgehead atoms. The second kappa shape index (κ2) is 3.00. The van der Waals surface area contributed by atoms with Crippen molar-refractivity contribution in [3.8, 4) is 0 Å². The van der Waals surface area contributed by atoms with Gasteiger partial charge in [-0.2, -0.15) is 0 Å². The maximum atomic E-state index is 12.0. The minimum Gasteiger partial charge on any atom is -0.337 e. The van der Waals surface area contributed by atoms with Gasteiger partial charge in [0.2, 0.25) is 5.91 Å². The largest absolute Gasteiger partial charge is 0.337 e. The van der Waals surface area contributed by atoms with Gasteiger partial charge >= 0.3 is 0 Å². The molecule has 13 heavy (non-hydrogen) atoms. The van der Waals surface area contributed by atoms with Crippen molar-refractivity contribution in [1.82, 2.24) is 4.90 Å². The quantitative estimate of drug-likeness (QED) is 0.611. The van der Waals surface area contributed by atoms with Crippen molar-refractivity contribution in [2.75, 3.05) is 0 Å². The molecule has 0 aliphatic carbocycles. The Morgan fingerprint density at radius 2 is 1.77 bits per heavy atom. The van der Waals surface area contributed by atoms with Crippen LogP contribution in [0.3, 0.4) is 0 Å². The Morgan fingerprint density at radius 1 is 1.31 bits per heavy atom. The monoisotopic (exact) mass is 183 g/mol. The van der Waals surface area contributed by atoms with Crippen LogP contribution in [0, 0.1) is 11.3 Å². The fraction of sp³-hybridized carbons (Fsp3) is 0.909. The number of amides is 1. The molecular formula is C11H21NO. The molecule has 2 heteroatoms. The standard InChI is InChI=1S/C11H21NO/c1-7(2)12-9(4)8(3)11(5,6)10(12)13/h7-9H,1-6H3. The van der Waals surface area contributed by atoms with E-state index in [9.17, 15) is 4.79 Å². The third kappa shape index (κ3) is 1.36. The second-order valence-electron chi connectivity index (χ2n) is 5.06. The van der Waals surface area contributed by atoms with E-state index >= 15 is 0 Å². The van der Waals surface area contributed by atoms with E-state index in [4.69, 9.17) is 0 Å². The number of nitrogens with zero attached hydrogens (tertiary/aromatic N) is 1. The van der Waals surface area contributed by atoms with Gasteiger partial charge in [-0.15, -0.1) is 0 Å². The third-order valence-corrected chi connectivity index (χ3v) is 3.64. The number of hydrogen-bond acceptors (Lipinski definition) is 1. The van der Waals surface area contributed by atoms with Crippen LogP contribution in [0.25, 0.3) is 0 Å². The number of rotatable bonds is 1. The SMILES string of the molecule is CC(C)N1C(=O)C(C)(C)C(C)C1C. The Kier molecular flexibility index (Phi) is 2.44. The van der Waals surface area contributed by atoms with Gasteiger partial charge in [0.05, 0.1) is 0 Å². The molecule has 0 N–H and O–H groups in total. The summed E-state index contributed by atoms with van der Waals surface area (Å²) in [5, 5.41) is 0. The van der Waals surface area contributed by atoms with Gasteiger partial charge in [0.15, 0.2) is 0 Å². The molecule has 76 valence electrons. The average molecular weight is 183 g/mol. The van der Waals surface area contributed by atoms with Crippen molar-refractivity contribution in [2.24, 2.45) is 11.3 Å². The summed E-state index contributed by atoms with van der Waals surface area (Å²) in [5.41, 5.74) is -0.177. The molecule has 0 aromatic heterocycles. The maximum Gasteiger partial charge on any atom is 0.229 e. The molecule has 1 rings (SSSR count). The number of hydrogen-bond donors (Lipinski definition) is 0. The molecule has 0 aromatic rings. The highest BCUT2D eigenvalue weighted by atomic mass is 16.2. The number of carbonyl (C=O) groups excluding carboxylic acids is 1. The molecular weight excluding hydrogens is 162 g/mol. The van der Waals surface area contributed by atoms with E-state index in [0.29, 0.717) is 23.9 Å². The van der Waals surface area contributed by atoms with Gasteiger partial charge in [0.1, 0.15) is 0 Å². The van der Waals surface area contributed by atoms with Gasteiger partial charge in [-0.25, -0.2) is 0 Å². The molecule has 1 amide bonds. The van der Waals surface area contributed by atoms with Crippen molar-refractivity contribution in [1.29, 1.82) is 0 Å². The lowest BCUT2D eigenvalue weighted by atomic mass is 9.80. The second-order valence-corrected chi connectivity index (χ2v) is 5.06. The smallest absolute Gasteiger partial charge is 0.229 e. The van der Waals surface area contributed by atoms with Crippen molar-refractivity contribution in [3.63, 3.8) is 0 Å². The predicted octanol–water partition coefficient (Wildman–Crippen LogP) is 2.29. The van der Waals surface area contributed by atoms with Crippen LogP contribution in [0.15, 0.2) is 0 Å². The first-order valence-corrected chi connectivity index (χ1v) is 5.13. The molecule has 0 aromatic carbocycles. The normalized spacial score (nSPS) is 33.2. The highest BCUT2D eigenvalue weighted by Crippen LogP contribution is 2.41. The Bertz CT molecular complexity index is 220. The molecule has 2 atom stereocenters. The van der Waals surface area contributed by atoms with Gasteiger partial charge in [-0.1, -0.05) is 20.8 Å². The lowest BCUT2D eigenvalue weighted by molar-refractivity contribution is -0.137. The van der Waals surface area contributed by atoms with Gasteiger partial charge in [0.25, 0.3) is 0 Å². The van der Waals surface area contributed by atoms with Crippen LogP contribution in [0.1, 0.15) is 41.5 Å². The molecule has 0 saturated carbocycles. The van der Waals surface area contributed by atoms with Gasteiger partial charge in [0, 0.05) is 17.5 Å². The van der Waals surface area contributed by atoms with E-state index in [1.807, 2.05) is 4.90 Å². The van der Waals surface area contributed by atoms with Crippen LogP contribution in [0.4, 0.5) is 0 Å². The average Bonchev–Trinajstić information content (AvgIpc) is 2.14. The van der Waals surface area contributed by atoms with E-state index in [0.717, 1.165) is 0 Å². The molecule has 1 fully saturated rings. The number of likely N-dealkylation sites (tertiary alicyclic amines) is 1. The Hall–Kier alpha value is -0.530. The summed E-state index contributed by atoms with van der Waals surface area (Å²) in [5.74, 6) is 0.755. The van der Waals surface area contributed by atoms with Gasteiger partial charge in [-0.3, -0.25) is 4.79 Å². The van der Waals surface area contributed by atoms with Crippen LogP contribution in [-0.2, 0) is 4.79 Å². The molecule has 1 aliphatic heterocycles. The van der Waals surface area contributed by atoms with Crippen LogP contribution in [-0.4, -0.2) is 22.9 Å². The molecule has 0 spiro atoms. The van der Waals surface area contributed by atoms with Crippen LogP contribution in [0.5, 0.6) is 0 Å². The van der Waals surface area contributed by atoms with E-state index in [1.54, 1.807) is 0 Å². The highest BCUT2D eigenvalue weighted by molar-refractivity contribution is 5.85. The Balaban J connectivity index is 2.99. The fourth-order valence-corrected chi connectivity index (χ4v) is 2.26. The topological polar surface area (TPSA) is 20.3 Å². The van der Waals surface area contributed by atoms with Crippen molar-refractivity contribution < 1.29 is 4.79 Å². The lowest BCUT2D eigenvalue weighted by Crippen LogP contribution is -2.39. The van der Waals surface area contributed by atoms with E-state index in [2.05, 4.69) is 41.5 Å². The van der Waals surface area contributed by atoms with Crippen LogP contribution >= 0.6 is 0 Å². The first-order valence-electron chi connectivity index (χ1n) is 5.13. The summed E-state index contributed by atoms with van der Waals surface area (Å²) >= 11 is 0. The highest BCUT2D eigenvalue weighted by Gasteiger charge is 2.49. The summed E-state index contributed by atoms with van der Waals surface area (Å²) in [6.45, 7) is 12.6. The zero-order chi connectivity index (χ0) is 10.4. The molecule has 0 radical (unpaired) electrons. The predicted molar refractivity (Wildman–Crippen MR) is 54.4 cm³/mol. The lowest BCUT2D eigenvalue weighted by Gasteiger charge is -2.27. The zero-order valence-electron chi connectivity index (χ0n) is 9.59. The first kappa shape index (κ1) is 10.6. The van der Waals surface area contributed by atoms with Crippen molar-refractivity contribution in [2.45, 2.75) is 53.6 Å². The van der Waals surface area contributed by atoms with E-state index in [1.165, 1.54) is 0 Å². The molecule has 1 heterocycles. The minimum absolute atomic E-state index is 0.177. The Morgan fingerprint density at radius 3 is 1.92 bits per heavy atom. The Labute approximate surface area is 81.3 Å². The van der Waals surface area contributed by atoms with Crippen molar-refractivity contribution >= 4 is 5.91 Å². The number of carbonyl (C=O) groups is 1. The summed E-state index contributed by atoms with van der Waals surface area (Å²) in [6, 6.07) is 0.703. The summed E-state index contributed by atoms with van der Waals surface area (Å²) in [7, 11) is 0. The first-order chi connectivity index (χ1) is 5.80. The summed E-state index contributed by atoms with van der Waals surface area (Å²) in [4.78, 5) is 14.0. The zero-order valence-corrected chi connectivity index (χ0v) is 9.59.